The molecule has 0 radical (unpaired) electrons. The van der Waals surface area contributed by atoms with Crippen molar-refractivity contribution >= 4 is 21.7 Å². The Morgan fingerprint density at radius 2 is 1.82 bits per heavy atom. The van der Waals surface area contributed by atoms with Crippen LogP contribution in [0.25, 0.3) is 0 Å². The van der Waals surface area contributed by atoms with Crippen molar-refractivity contribution in [3.05, 3.63) is 58.2 Å². The fourth-order valence-electron chi connectivity index (χ4n) is 1.73. The molecule has 5 N–H and O–H groups in total. The topological polar surface area (TPSA) is 77.0 Å². The molecule has 0 amide bonds. The first-order chi connectivity index (χ1) is 8.24. The first kappa shape index (κ1) is 12.0. The van der Waals surface area contributed by atoms with Crippen molar-refractivity contribution < 1.29 is 0 Å². The van der Waals surface area contributed by atoms with E-state index in [1.54, 1.807) is 6.20 Å². The van der Waals surface area contributed by atoms with Crippen LogP contribution in [0.1, 0.15) is 17.2 Å². The number of nitrogen functional groups attached to an aromatic ring is 1. The van der Waals surface area contributed by atoms with Gasteiger partial charge in [-0.05, 0) is 17.7 Å². The molecule has 0 aliphatic rings. The van der Waals surface area contributed by atoms with Crippen LogP contribution in [-0.4, -0.2) is 4.98 Å². The highest BCUT2D eigenvalue weighted by Crippen LogP contribution is 2.29. The van der Waals surface area contributed by atoms with E-state index in [1.807, 2.05) is 36.4 Å². The van der Waals surface area contributed by atoms with E-state index < -0.39 is 0 Å². The second-order valence-corrected chi connectivity index (χ2v) is 4.45. The number of aromatic nitrogens is 1. The van der Waals surface area contributed by atoms with Crippen molar-refractivity contribution in [1.29, 1.82) is 0 Å². The van der Waals surface area contributed by atoms with Gasteiger partial charge in [0, 0.05) is 16.2 Å². The summed E-state index contributed by atoms with van der Waals surface area (Å²) >= 11 is 3.50. The van der Waals surface area contributed by atoms with Crippen LogP contribution in [0.3, 0.4) is 0 Å². The molecule has 1 heterocycles. The lowest BCUT2D eigenvalue weighted by Crippen LogP contribution is -2.29. The van der Waals surface area contributed by atoms with Gasteiger partial charge in [0.1, 0.15) is 5.82 Å². The Balaban J connectivity index is 2.48. The first-order valence-corrected chi connectivity index (χ1v) is 5.94. The van der Waals surface area contributed by atoms with Crippen molar-refractivity contribution in [2.75, 3.05) is 5.73 Å². The molecule has 0 aliphatic heterocycles. The maximum absolute atomic E-state index is 5.86. The van der Waals surface area contributed by atoms with E-state index in [4.69, 9.17) is 11.6 Å². The summed E-state index contributed by atoms with van der Waals surface area (Å²) < 4.78 is 0.978. The molecule has 0 aliphatic carbocycles. The van der Waals surface area contributed by atoms with Crippen LogP contribution in [0.5, 0.6) is 0 Å². The van der Waals surface area contributed by atoms with Crippen LogP contribution in [0.15, 0.2) is 47.1 Å². The van der Waals surface area contributed by atoms with Gasteiger partial charge in [-0.2, -0.15) is 0 Å². The summed E-state index contributed by atoms with van der Waals surface area (Å²) in [5, 5.41) is 0. The van der Waals surface area contributed by atoms with Gasteiger partial charge in [0.15, 0.2) is 0 Å². The summed E-state index contributed by atoms with van der Waals surface area (Å²) in [5.41, 5.74) is 10.5. The summed E-state index contributed by atoms with van der Waals surface area (Å²) in [7, 11) is 0. The summed E-state index contributed by atoms with van der Waals surface area (Å²) in [4.78, 5) is 4.07. The molecule has 0 spiro atoms. The third-order valence-corrected chi connectivity index (χ3v) is 3.29. The van der Waals surface area contributed by atoms with E-state index in [-0.39, 0.29) is 6.04 Å². The molecule has 1 atom stereocenters. The average Bonchev–Trinajstić information content (AvgIpc) is 2.34. The molecule has 0 saturated heterocycles. The van der Waals surface area contributed by atoms with Crippen molar-refractivity contribution in [1.82, 2.24) is 10.4 Å². The quantitative estimate of drug-likeness (QED) is 0.597. The summed E-state index contributed by atoms with van der Waals surface area (Å²) in [5.74, 6) is 6.10. The molecule has 1 aromatic heterocycles. The van der Waals surface area contributed by atoms with E-state index in [1.165, 1.54) is 0 Å². The summed E-state index contributed by atoms with van der Waals surface area (Å²) in [6.45, 7) is 0. The van der Waals surface area contributed by atoms with Gasteiger partial charge in [0.25, 0.3) is 0 Å². The molecule has 17 heavy (non-hydrogen) atoms. The maximum Gasteiger partial charge on any atom is 0.128 e. The molecule has 0 fully saturated rings. The van der Waals surface area contributed by atoms with Gasteiger partial charge in [0.2, 0.25) is 0 Å². The molecule has 0 bridgehead atoms. The van der Waals surface area contributed by atoms with Gasteiger partial charge in [-0.3, -0.25) is 5.84 Å². The Labute approximate surface area is 108 Å². The third-order valence-electron chi connectivity index (χ3n) is 2.57. The molecular weight excluding hydrogens is 280 g/mol. The molecule has 2 rings (SSSR count). The maximum atomic E-state index is 5.86. The van der Waals surface area contributed by atoms with E-state index >= 15 is 0 Å². The lowest BCUT2D eigenvalue weighted by Gasteiger charge is -2.19. The number of hydrogen-bond donors (Lipinski definition) is 3. The van der Waals surface area contributed by atoms with Gasteiger partial charge in [0.05, 0.1) is 6.04 Å². The van der Waals surface area contributed by atoms with Crippen LogP contribution in [0.2, 0.25) is 0 Å². The van der Waals surface area contributed by atoms with E-state index in [9.17, 15) is 0 Å². The largest absolute Gasteiger partial charge is 0.383 e. The Morgan fingerprint density at radius 1 is 1.12 bits per heavy atom. The summed E-state index contributed by atoms with van der Waals surface area (Å²) in [6.07, 6.45) is 1.66. The number of benzene rings is 1. The number of hydrazine groups is 1. The van der Waals surface area contributed by atoms with Crippen molar-refractivity contribution in [3.8, 4) is 0 Å². The average molecular weight is 293 g/mol. The highest BCUT2D eigenvalue weighted by atomic mass is 79.9. The fraction of sp³-hybridized carbons (Fsp3) is 0.0833. The molecular formula is C12H13BrN4. The van der Waals surface area contributed by atoms with Gasteiger partial charge >= 0.3 is 0 Å². The van der Waals surface area contributed by atoms with Gasteiger partial charge in [-0.25, -0.2) is 10.4 Å². The smallest absolute Gasteiger partial charge is 0.128 e. The van der Waals surface area contributed by atoms with E-state index in [0.29, 0.717) is 5.82 Å². The lowest BCUT2D eigenvalue weighted by molar-refractivity contribution is 0.634. The standard InChI is InChI=1S/C12H13BrN4/c13-10-6-2-1-4-8(10)11(17-15)9-5-3-7-16-12(9)14/h1-7,11,17H,15H2,(H2,14,16). The molecule has 1 unspecified atom stereocenters. The normalized spacial score (nSPS) is 12.4. The number of hydrogen-bond acceptors (Lipinski definition) is 4. The molecule has 5 heteroatoms. The molecule has 0 saturated carbocycles. The number of nitrogens with zero attached hydrogens (tertiary/aromatic N) is 1. The van der Waals surface area contributed by atoms with Crippen molar-refractivity contribution in [2.24, 2.45) is 5.84 Å². The predicted molar refractivity (Wildman–Crippen MR) is 72.0 cm³/mol. The molecule has 2 aromatic rings. The highest BCUT2D eigenvalue weighted by molar-refractivity contribution is 9.10. The minimum absolute atomic E-state index is 0.181. The number of nitrogens with one attached hydrogen (secondary N) is 1. The first-order valence-electron chi connectivity index (χ1n) is 5.15. The molecule has 88 valence electrons. The number of anilines is 1. The zero-order valence-electron chi connectivity index (χ0n) is 9.10. The van der Waals surface area contributed by atoms with Crippen molar-refractivity contribution in [2.45, 2.75) is 6.04 Å². The SMILES string of the molecule is NNC(c1ccccc1Br)c1cccnc1N. The number of halogens is 1. The second kappa shape index (κ2) is 5.27. The second-order valence-electron chi connectivity index (χ2n) is 3.60. The van der Waals surface area contributed by atoms with E-state index in [0.717, 1.165) is 15.6 Å². The van der Waals surface area contributed by atoms with E-state index in [2.05, 4.69) is 26.3 Å². The van der Waals surface area contributed by atoms with Crippen LogP contribution in [0, 0.1) is 0 Å². The van der Waals surface area contributed by atoms with Crippen LogP contribution < -0.4 is 17.0 Å². The molecule has 4 nitrogen and oxygen atoms in total. The summed E-state index contributed by atoms with van der Waals surface area (Å²) in [6, 6.07) is 11.4. The number of rotatable bonds is 3. The zero-order chi connectivity index (χ0) is 12.3. The minimum Gasteiger partial charge on any atom is -0.383 e. The van der Waals surface area contributed by atoms with Crippen LogP contribution >= 0.6 is 15.9 Å². The van der Waals surface area contributed by atoms with Gasteiger partial charge in [-0.1, -0.05) is 40.2 Å². The minimum atomic E-state index is -0.181. The van der Waals surface area contributed by atoms with Gasteiger partial charge in [-0.15, -0.1) is 0 Å². The van der Waals surface area contributed by atoms with Crippen molar-refractivity contribution in [3.63, 3.8) is 0 Å². The van der Waals surface area contributed by atoms with Crippen LogP contribution in [-0.2, 0) is 0 Å². The Hall–Kier alpha value is -1.43. The molecule has 1 aromatic carbocycles. The fourth-order valence-corrected chi connectivity index (χ4v) is 2.24. The third kappa shape index (κ3) is 2.46. The highest BCUT2D eigenvalue weighted by Gasteiger charge is 2.17. The number of pyridine rings is 1. The Morgan fingerprint density at radius 3 is 2.47 bits per heavy atom. The van der Waals surface area contributed by atoms with Gasteiger partial charge < -0.3 is 5.73 Å². The number of nitrogens with two attached hydrogens (primary N) is 2. The zero-order valence-corrected chi connectivity index (χ0v) is 10.7. The van der Waals surface area contributed by atoms with Crippen LogP contribution in [0.4, 0.5) is 5.82 Å². The lowest BCUT2D eigenvalue weighted by atomic mass is 10.00. The monoisotopic (exact) mass is 292 g/mol. The predicted octanol–water partition coefficient (Wildman–Crippen LogP) is 1.98. The Kier molecular flexibility index (Phi) is 3.73. The Bertz CT molecular complexity index is 470.